The van der Waals surface area contributed by atoms with E-state index in [2.05, 4.69) is 21.7 Å². The van der Waals surface area contributed by atoms with Crippen molar-refractivity contribution < 1.29 is 9.90 Å². The smallest absolute Gasteiger partial charge is 0.255 e. The van der Waals surface area contributed by atoms with Crippen LogP contribution in [0, 0.1) is 11.8 Å². The molecule has 1 atom stereocenters. The Labute approximate surface area is 126 Å². The Bertz CT molecular complexity index is 532. The van der Waals surface area contributed by atoms with Crippen LogP contribution in [0.1, 0.15) is 29.8 Å². The van der Waals surface area contributed by atoms with Crippen molar-refractivity contribution >= 4 is 5.91 Å². The summed E-state index contributed by atoms with van der Waals surface area (Å²) in [5.41, 5.74) is 1.07. The van der Waals surface area contributed by atoms with Crippen molar-refractivity contribution in [1.82, 2.24) is 14.8 Å². The van der Waals surface area contributed by atoms with E-state index in [-0.39, 0.29) is 18.6 Å². The normalized spacial score (nSPS) is 11.7. The average molecular weight is 289 g/mol. The summed E-state index contributed by atoms with van der Waals surface area (Å²) in [6.45, 7) is 5.17. The van der Waals surface area contributed by atoms with Crippen LogP contribution < -0.4 is 0 Å². The number of nitrogens with zero attached hydrogens (tertiary/aromatic N) is 3. The highest BCUT2D eigenvalue weighted by Crippen LogP contribution is 2.12. The van der Waals surface area contributed by atoms with Gasteiger partial charge in [0.05, 0.1) is 11.1 Å². The highest BCUT2D eigenvalue weighted by atomic mass is 16.2. The van der Waals surface area contributed by atoms with Gasteiger partial charge in [-0.15, -0.1) is 0 Å². The molecule has 0 aromatic carbocycles. The summed E-state index contributed by atoms with van der Waals surface area (Å²) >= 11 is 0. The van der Waals surface area contributed by atoms with Gasteiger partial charge in [0, 0.05) is 31.5 Å². The molecule has 1 N–H and O–H groups in total. The van der Waals surface area contributed by atoms with E-state index in [4.69, 9.17) is 5.11 Å². The lowest BCUT2D eigenvalue weighted by Crippen LogP contribution is -2.44. The lowest BCUT2D eigenvalue weighted by Gasteiger charge is -2.30. The lowest BCUT2D eigenvalue weighted by atomic mass is 10.1. The van der Waals surface area contributed by atoms with Gasteiger partial charge in [0.1, 0.15) is 6.61 Å². The molecule has 21 heavy (non-hydrogen) atoms. The molecule has 5 heteroatoms. The van der Waals surface area contributed by atoms with Crippen molar-refractivity contribution in [2.45, 2.75) is 19.9 Å². The van der Waals surface area contributed by atoms with E-state index >= 15 is 0 Å². The number of aromatic nitrogens is 1. The molecule has 0 radical (unpaired) electrons. The summed E-state index contributed by atoms with van der Waals surface area (Å²) in [5.74, 6) is 5.29. The zero-order valence-electron chi connectivity index (χ0n) is 13.1. The molecule has 0 aliphatic heterocycles. The first-order valence-electron chi connectivity index (χ1n) is 7.00. The van der Waals surface area contributed by atoms with Crippen molar-refractivity contribution in [3.63, 3.8) is 0 Å². The zero-order chi connectivity index (χ0) is 15.8. The number of carbonyl (C=O) groups excluding carboxylic acids is 1. The van der Waals surface area contributed by atoms with Gasteiger partial charge in [0.2, 0.25) is 0 Å². The first-order valence-corrected chi connectivity index (χ1v) is 7.00. The number of amides is 1. The van der Waals surface area contributed by atoms with Gasteiger partial charge in [-0.05, 0) is 34.0 Å². The van der Waals surface area contributed by atoms with Crippen LogP contribution in [0.3, 0.4) is 0 Å². The summed E-state index contributed by atoms with van der Waals surface area (Å²) in [6.07, 6.45) is 3.14. The number of hydrogen-bond donors (Lipinski definition) is 1. The first kappa shape index (κ1) is 17.2. The summed E-state index contributed by atoms with van der Waals surface area (Å²) in [6, 6.07) is 1.78. The van der Waals surface area contributed by atoms with Gasteiger partial charge in [-0.2, -0.15) is 0 Å². The van der Waals surface area contributed by atoms with Gasteiger partial charge < -0.3 is 14.9 Å². The Kier molecular flexibility index (Phi) is 6.86. The molecule has 1 aromatic heterocycles. The second kappa shape index (κ2) is 8.40. The third-order valence-electron chi connectivity index (χ3n) is 3.12. The molecule has 0 aliphatic rings. The fourth-order valence-corrected chi connectivity index (χ4v) is 2.25. The second-order valence-corrected chi connectivity index (χ2v) is 5.08. The Morgan fingerprint density at radius 1 is 1.48 bits per heavy atom. The maximum absolute atomic E-state index is 12.7. The van der Waals surface area contributed by atoms with Crippen molar-refractivity contribution in [3.8, 4) is 11.8 Å². The Hall–Kier alpha value is -1.90. The van der Waals surface area contributed by atoms with Gasteiger partial charge in [-0.3, -0.25) is 9.78 Å². The summed E-state index contributed by atoms with van der Waals surface area (Å²) in [7, 11) is 3.97. The number of carbonyl (C=O) groups is 1. The third-order valence-corrected chi connectivity index (χ3v) is 3.12. The quantitative estimate of drug-likeness (QED) is 0.816. The fourth-order valence-electron chi connectivity index (χ4n) is 2.25. The molecule has 1 rings (SSSR count). The number of aliphatic hydroxyl groups excluding tert-OH is 1. The Balaban J connectivity index is 3.05. The van der Waals surface area contributed by atoms with Crippen molar-refractivity contribution in [2.24, 2.45) is 0 Å². The molecule has 1 heterocycles. The Morgan fingerprint density at radius 2 is 2.19 bits per heavy atom. The number of hydrogen-bond acceptors (Lipinski definition) is 4. The molecule has 0 saturated carbocycles. The Morgan fingerprint density at radius 3 is 2.76 bits per heavy atom. The number of pyridine rings is 1. The summed E-state index contributed by atoms with van der Waals surface area (Å²) in [4.78, 5) is 20.6. The predicted molar refractivity (Wildman–Crippen MR) is 82.9 cm³/mol. The SMILES string of the molecule is CCN(C(=O)c1ccncc1C#CCO)C(C)CN(C)C. The number of aliphatic hydroxyl groups is 1. The van der Waals surface area contributed by atoms with Gasteiger partial charge in [-0.1, -0.05) is 11.8 Å². The summed E-state index contributed by atoms with van der Waals surface area (Å²) < 4.78 is 0. The molecule has 5 nitrogen and oxygen atoms in total. The topological polar surface area (TPSA) is 56.7 Å². The molecule has 114 valence electrons. The van der Waals surface area contributed by atoms with Gasteiger partial charge in [0.25, 0.3) is 5.91 Å². The first-order chi connectivity index (χ1) is 10.0. The lowest BCUT2D eigenvalue weighted by molar-refractivity contribution is 0.0678. The molecule has 1 aromatic rings. The van der Waals surface area contributed by atoms with E-state index in [1.165, 1.54) is 0 Å². The summed E-state index contributed by atoms with van der Waals surface area (Å²) in [5, 5.41) is 8.80. The van der Waals surface area contributed by atoms with Gasteiger partial charge in [0.15, 0.2) is 0 Å². The van der Waals surface area contributed by atoms with Crippen LogP contribution in [0.15, 0.2) is 18.5 Å². The van der Waals surface area contributed by atoms with Crippen LogP contribution in [-0.4, -0.2) is 65.6 Å². The van der Waals surface area contributed by atoms with Crippen LogP contribution in [-0.2, 0) is 0 Å². The highest BCUT2D eigenvalue weighted by Gasteiger charge is 2.22. The van der Waals surface area contributed by atoms with E-state index in [0.29, 0.717) is 17.7 Å². The van der Waals surface area contributed by atoms with Crippen LogP contribution in [0.2, 0.25) is 0 Å². The van der Waals surface area contributed by atoms with Crippen molar-refractivity contribution in [2.75, 3.05) is 33.8 Å². The van der Waals surface area contributed by atoms with Gasteiger partial charge in [-0.25, -0.2) is 0 Å². The van der Waals surface area contributed by atoms with Gasteiger partial charge >= 0.3 is 0 Å². The van der Waals surface area contributed by atoms with E-state index in [9.17, 15) is 4.79 Å². The highest BCUT2D eigenvalue weighted by molar-refractivity contribution is 5.96. The second-order valence-electron chi connectivity index (χ2n) is 5.08. The number of rotatable bonds is 5. The predicted octanol–water partition coefficient (Wildman–Crippen LogP) is 0.838. The molecule has 0 fully saturated rings. The molecular weight excluding hydrogens is 266 g/mol. The minimum Gasteiger partial charge on any atom is -0.384 e. The van der Waals surface area contributed by atoms with E-state index in [0.717, 1.165) is 6.54 Å². The zero-order valence-corrected chi connectivity index (χ0v) is 13.1. The molecule has 1 unspecified atom stereocenters. The van der Waals surface area contributed by atoms with Crippen LogP contribution in [0.4, 0.5) is 0 Å². The minimum atomic E-state index is -0.239. The standard InChI is InChI=1S/C16H23N3O2/c1-5-19(13(2)12-18(3)4)16(21)15-8-9-17-11-14(15)7-6-10-20/h8-9,11,13,20H,5,10,12H2,1-4H3. The maximum Gasteiger partial charge on any atom is 0.255 e. The minimum absolute atomic E-state index is 0.0588. The van der Waals surface area contributed by atoms with E-state index < -0.39 is 0 Å². The molecule has 1 amide bonds. The van der Waals surface area contributed by atoms with E-state index in [1.54, 1.807) is 18.5 Å². The molecule has 0 spiro atoms. The van der Waals surface area contributed by atoms with Crippen LogP contribution in [0.25, 0.3) is 0 Å². The van der Waals surface area contributed by atoms with Crippen LogP contribution >= 0.6 is 0 Å². The van der Waals surface area contributed by atoms with E-state index in [1.807, 2.05) is 32.8 Å². The molecule has 0 bridgehead atoms. The van der Waals surface area contributed by atoms with Crippen molar-refractivity contribution in [3.05, 3.63) is 29.6 Å². The molecular formula is C16H23N3O2. The average Bonchev–Trinajstić information content (AvgIpc) is 2.45. The molecule has 0 aliphatic carbocycles. The maximum atomic E-state index is 12.7. The number of likely N-dealkylation sites (N-methyl/N-ethyl adjacent to an activating group) is 2. The monoisotopic (exact) mass is 289 g/mol. The fraction of sp³-hybridized carbons (Fsp3) is 0.500. The molecule has 0 saturated heterocycles. The van der Waals surface area contributed by atoms with Crippen LogP contribution in [0.5, 0.6) is 0 Å². The third kappa shape index (κ3) is 4.85. The van der Waals surface area contributed by atoms with Crippen molar-refractivity contribution in [1.29, 1.82) is 0 Å². The largest absolute Gasteiger partial charge is 0.384 e.